The van der Waals surface area contributed by atoms with Crippen LogP contribution in [-0.2, 0) is 4.74 Å². The number of fused-ring (bicyclic) bond motifs is 1. The Morgan fingerprint density at radius 2 is 2.29 bits per heavy atom. The average Bonchev–Trinajstić information content (AvgIpc) is 2.75. The summed E-state index contributed by atoms with van der Waals surface area (Å²) in [5, 5.41) is 5.35. The van der Waals surface area contributed by atoms with Crippen molar-refractivity contribution in [2.75, 3.05) is 6.61 Å². The monoisotopic (exact) mass is 259 g/mol. The number of nitrogens with zero attached hydrogens (tertiary/aromatic N) is 3. The number of ether oxygens (including phenoxy) is 1. The molecule has 0 saturated carbocycles. The molecule has 17 heavy (non-hydrogen) atoms. The molecule has 0 aromatic carbocycles. The van der Waals surface area contributed by atoms with E-state index in [2.05, 4.69) is 22.7 Å². The third-order valence-corrected chi connectivity index (χ3v) is 3.29. The molecule has 0 aliphatic carbocycles. The third-order valence-electron chi connectivity index (χ3n) is 2.90. The molecule has 1 fully saturated rings. The molecule has 0 spiro atoms. The molecule has 1 aliphatic rings. The van der Waals surface area contributed by atoms with Crippen LogP contribution in [0.4, 0.5) is 0 Å². The first-order valence-electron chi connectivity index (χ1n) is 5.49. The van der Waals surface area contributed by atoms with Gasteiger partial charge >= 0.3 is 29.6 Å². The second-order valence-corrected chi connectivity index (χ2v) is 4.46. The van der Waals surface area contributed by atoms with Crippen molar-refractivity contribution < 1.29 is 4.74 Å². The fourth-order valence-corrected chi connectivity index (χ4v) is 2.29. The van der Waals surface area contributed by atoms with E-state index in [1.54, 1.807) is 6.20 Å². The first-order valence-corrected chi connectivity index (χ1v) is 5.94. The molecule has 6 heteroatoms. The van der Waals surface area contributed by atoms with Crippen LogP contribution in [0, 0.1) is 0 Å². The normalized spacial score (nSPS) is 20.2. The molecule has 1 saturated heterocycles. The average molecular weight is 259 g/mol. The predicted octanol–water partition coefficient (Wildman–Crippen LogP) is 1.77. The van der Waals surface area contributed by atoms with Crippen LogP contribution in [0.15, 0.2) is 23.4 Å². The quantitative estimate of drug-likeness (QED) is 0.627. The Labute approximate surface area is 127 Å². The summed E-state index contributed by atoms with van der Waals surface area (Å²) in [6, 6.07) is 1.87. The van der Waals surface area contributed by atoms with Crippen molar-refractivity contribution in [3.63, 3.8) is 0 Å². The van der Waals surface area contributed by atoms with Crippen LogP contribution in [0.3, 0.4) is 0 Å². The van der Waals surface area contributed by atoms with E-state index in [4.69, 9.17) is 4.74 Å². The van der Waals surface area contributed by atoms with Crippen molar-refractivity contribution in [1.82, 2.24) is 14.8 Å². The van der Waals surface area contributed by atoms with Crippen LogP contribution < -0.4 is 0 Å². The van der Waals surface area contributed by atoms with E-state index in [-0.39, 0.29) is 35.8 Å². The minimum atomic E-state index is 0. The first-order chi connectivity index (χ1) is 7.86. The van der Waals surface area contributed by atoms with Crippen LogP contribution in [-0.4, -0.2) is 50.9 Å². The van der Waals surface area contributed by atoms with Gasteiger partial charge in [0.25, 0.3) is 0 Å². The fourth-order valence-electron chi connectivity index (χ4n) is 2.06. The van der Waals surface area contributed by atoms with Gasteiger partial charge in [-0.05, 0) is 25.3 Å². The number of aromatic nitrogens is 3. The fraction of sp³-hybridized carbons (Fsp3) is 0.455. The van der Waals surface area contributed by atoms with Gasteiger partial charge in [-0.25, -0.2) is 9.67 Å². The predicted molar refractivity (Wildman–Crippen MR) is 70.8 cm³/mol. The summed E-state index contributed by atoms with van der Waals surface area (Å²) in [5.74, 6) is 0. The number of thiol groups is 1. The summed E-state index contributed by atoms with van der Waals surface area (Å²) in [4.78, 5) is 5.26. The number of pyridine rings is 1. The van der Waals surface area contributed by atoms with Gasteiger partial charge < -0.3 is 4.74 Å². The Kier molecular flexibility index (Phi) is 4.49. The van der Waals surface area contributed by atoms with Gasteiger partial charge in [-0.15, -0.1) is 12.6 Å². The number of hydrogen-bond donors (Lipinski definition) is 1. The third kappa shape index (κ3) is 2.53. The SMILES string of the molecule is Sc1ccnc2c1cnn2C1CCCCO1.[NaH]. The Morgan fingerprint density at radius 3 is 3.06 bits per heavy atom. The summed E-state index contributed by atoms with van der Waals surface area (Å²) in [6.07, 6.45) is 6.94. The van der Waals surface area contributed by atoms with Gasteiger partial charge in [-0.3, -0.25) is 0 Å². The molecule has 2 aromatic rings. The molecule has 2 aromatic heterocycles. The van der Waals surface area contributed by atoms with Crippen molar-refractivity contribution >= 4 is 53.2 Å². The van der Waals surface area contributed by atoms with E-state index >= 15 is 0 Å². The Bertz CT molecular complexity index is 510. The molecule has 86 valence electrons. The summed E-state index contributed by atoms with van der Waals surface area (Å²) in [5.41, 5.74) is 0.861. The summed E-state index contributed by atoms with van der Waals surface area (Å²) in [6.45, 7) is 0.812. The molecule has 3 rings (SSSR count). The Hall–Kier alpha value is -0.0700. The van der Waals surface area contributed by atoms with Crippen molar-refractivity contribution in [3.05, 3.63) is 18.5 Å². The zero-order valence-electron chi connectivity index (χ0n) is 8.83. The summed E-state index contributed by atoms with van der Waals surface area (Å²) < 4.78 is 7.58. The molecule has 1 aliphatic heterocycles. The summed E-state index contributed by atoms with van der Waals surface area (Å²) >= 11 is 4.39. The van der Waals surface area contributed by atoms with Crippen LogP contribution in [0.25, 0.3) is 11.0 Å². The molecule has 1 unspecified atom stereocenters. The van der Waals surface area contributed by atoms with Crippen molar-refractivity contribution in [2.45, 2.75) is 30.4 Å². The molecule has 4 nitrogen and oxygen atoms in total. The molecular weight excluding hydrogens is 245 g/mol. The van der Waals surface area contributed by atoms with Crippen LogP contribution in [0.1, 0.15) is 25.5 Å². The second-order valence-electron chi connectivity index (χ2n) is 3.98. The van der Waals surface area contributed by atoms with Gasteiger partial charge in [-0.2, -0.15) is 5.10 Å². The van der Waals surface area contributed by atoms with Crippen LogP contribution in [0.2, 0.25) is 0 Å². The number of hydrogen-bond acceptors (Lipinski definition) is 4. The molecule has 0 radical (unpaired) electrons. The van der Waals surface area contributed by atoms with Gasteiger partial charge in [0.1, 0.15) is 0 Å². The maximum atomic E-state index is 5.71. The van der Waals surface area contributed by atoms with E-state index in [1.807, 2.05) is 16.9 Å². The van der Waals surface area contributed by atoms with Crippen molar-refractivity contribution in [1.29, 1.82) is 0 Å². The second kappa shape index (κ2) is 5.71. The van der Waals surface area contributed by atoms with Gasteiger partial charge in [0.05, 0.1) is 11.6 Å². The molecule has 3 heterocycles. The molecule has 0 amide bonds. The first kappa shape index (κ1) is 13.4. The van der Waals surface area contributed by atoms with Crippen molar-refractivity contribution in [2.24, 2.45) is 0 Å². The Morgan fingerprint density at radius 1 is 1.41 bits per heavy atom. The molecular formula is C11H14N3NaOS. The van der Waals surface area contributed by atoms with Gasteiger partial charge in [0.15, 0.2) is 11.9 Å². The molecule has 1 atom stereocenters. The summed E-state index contributed by atoms with van der Waals surface area (Å²) in [7, 11) is 0. The van der Waals surface area contributed by atoms with E-state index in [0.29, 0.717) is 0 Å². The standard InChI is InChI=1S/C11H13N3OS.Na.H/c16-9-4-5-12-11-8(9)7-13-14(11)10-3-1-2-6-15-10;;/h4-5,7,10H,1-3,6H2,(H,12,16);;. The van der Waals surface area contributed by atoms with E-state index in [1.165, 1.54) is 6.42 Å². The Balaban J connectivity index is 0.00000108. The molecule has 0 bridgehead atoms. The van der Waals surface area contributed by atoms with Crippen molar-refractivity contribution in [3.8, 4) is 0 Å². The van der Waals surface area contributed by atoms with Gasteiger partial charge in [0, 0.05) is 17.7 Å². The zero-order chi connectivity index (χ0) is 11.0. The zero-order valence-corrected chi connectivity index (χ0v) is 9.73. The topological polar surface area (TPSA) is 39.9 Å². The molecule has 0 N–H and O–H groups in total. The van der Waals surface area contributed by atoms with Crippen LogP contribution in [0.5, 0.6) is 0 Å². The minimum absolute atomic E-state index is 0. The maximum absolute atomic E-state index is 5.71. The van der Waals surface area contributed by atoms with E-state index in [0.717, 1.165) is 35.4 Å². The van der Waals surface area contributed by atoms with E-state index in [9.17, 15) is 0 Å². The van der Waals surface area contributed by atoms with E-state index < -0.39 is 0 Å². The van der Waals surface area contributed by atoms with Crippen LogP contribution >= 0.6 is 12.6 Å². The van der Waals surface area contributed by atoms with Gasteiger partial charge in [-0.1, -0.05) is 0 Å². The van der Waals surface area contributed by atoms with Gasteiger partial charge in [0.2, 0.25) is 0 Å². The number of rotatable bonds is 1.